The normalized spacial score (nSPS) is 20.3. The van der Waals surface area contributed by atoms with Gasteiger partial charge in [-0.1, -0.05) is 0 Å². The lowest BCUT2D eigenvalue weighted by molar-refractivity contribution is -0.147. The average molecular weight is 415 g/mol. The molecule has 5 unspecified atom stereocenters. The highest BCUT2D eigenvalue weighted by atomic mass is 16.4. The lowest BCUT2D eigenvalue weighted by atomic mass is 10.1. The van der Waals surface area contributed by atoms with Crippen molar-refractivity contribution in [1.82, 2.24) is 15.5 Å². The predicted octanol–water partition coefficient (Wildman–Crippen LogP) is -2.97. The van der Waals surface area contributed by atoms with E-state index in [-0.39, 0.29) is 25.8 Å². The molecule has 0 saturated carbocycles. The van der Waals surface area contributed by atoms with Crippen molar-refractivity contribution < 1.29 is 34.2 Å². The second-order valence-electron chi connectivity index (χ2n) is 7.11. The lowest BCUT2D eigenvalue weighted by Gasteiger charge is -2.30. The second-order valence-corrected chi connectivity index (χ2v) is 7.11. The Balaban J connectivity index is 2.95. The van der Waals surface area contributed by atoms with Crippen LogP contribution in [0.2, 0.25) is 0 Å². The van der Waals surface area contributed by atoms with E-state index < -0.39 is 59.9 Å². The minimum atomic E-state index is -1.52. The lowest BCUT2D eigenvalue weighted by Crippen LogP contribution is -2.57. The van der Waals surface area contributed by atoms with Crippen LogP contribution in [-0.4, -0.2) is 81.5 Å². The van der Waals surface area contributed by atoms with Crippen LogP contribution in [0.3, 0.4) is 0 Å². The van der Waals surface area contributed by atoms with Crippen LogP contribution in [-0.2, 0) is 24.0 Å². The van der Waals surface area contributed by atoms with Crippen LogP contribution in [0, 0.1) is 0 Å². The first-order chi connectivity index (χ1) is 13.5. The number of carboxylic acids is 1. The van der Waals surface area contributed by atoms with Crippen molar-refractivity contribution in [2.24, 2.45) is 11.5 Å². The minimum absolute atomic E-state index is 0.0666. The summed E-state index contributed by atoms with van der Waals surface area (Å²) in [6, 6.07) is -4.49. The van der Waals surface area contributed by atoms with Crippen LogP contribution in [0.4, 0.5) is 0 Å². The maximum Gasteiger partial charge on any atom is 0.328 e. The summed E-state index contributed by atoms with van der Waals surface area (Å²) in [6.07, 6.45) is -0.796. The van der Waals surface area contributed by atoms with Gasteiger partial charge in [-0.2, -0.15) is 0 Å². The molecule has 0 aliphatic carbocycles. The molecule has 0 radical (unpaired) electrons. The summed E-state index contributed by atoms with van der Waals surface area (Å²) in [5.74, 6) is -3.99. The van der Waals surface area contributed by atoms with Gasteiger partial charge in [0.05, 0.1) is 12.1 Å². The van der Waals surface area contributed by atoms with Crippen molar-refractivity contribution in [2.75, 3.05) is 6.54 Å². The van der Waals surface area contributed by atoms with Gasteiger partial charge in [-0.15, -0.1) is 0 Å². The fourth-order valence-electron chi connectivity index (χ4n) is 2.99. The number of rotatable bonds is 10. The first kappa shape index (κ1) is 24.3. The largest absolute Gasteiger partial charge is 0.480 e. The van der Waals surface area contributed by atoms with Crippen LogP contribution in [0.15, 0.2) is 0 Å². The van der Waals surface area contributed by atoms with Crippen molar-refractivity contribution in [3.63, 3.8) is 0 Å². The van der Waals surface area contributed by atoms with Gasteiger partial charge in [-0.3, -0.25) is 19.2 Å². The van der Waals surface area contributed by atoms with Gasteiger partial charge in [0, 0.05) is 13.0 Å². The third kappa shape index (κ3) is 6.98. The molecule has 1 rings (SSSR count). The Bertz CT molecular complexity index is 652. The Morgan fingerprint density at radius 2 is 1.79 bits per heavy atom. The van der Waals surface area contributed by atoms with Crippen molar-refractivity contribution in [1.29, 1.82) is 0 Å². The SMILES string of the molecule is CC(N)C(=O)NC(CCC(N)=O)C(=O)N1CCCC1C(=O)NC(C(=O)O)C(C)O. The quantitative estimate of drug-likeness (QED) is 0.217. The molecule has 1 aliphatic heterocycles. The van der Waals surface area contributed by atoms with Gasteiger partial charge < -0.3 is 37.2 Å². The smallest absolute Gasteiger partial charge is 0.328 e. The molecular weight excluding hydrogens is 386 g/mol. The minimum Gasteiger partial charge on any atom is -0.480 e. The van der Waals surface area contributed by atoms with Crippen molar-refractivity contribution in [3.05, 3.63) is 0 Å². The van der Waals surface area contributed by atoms with E-state index in [1.54, 1.807) is 0 Å². The highest BCUT2D eigenvalue weighted by Crippen LogP contribution is 2.20. The van der Waals surface area contributed by atoms with E-state index in [1.807, 2.05) is 0 Å². The molecule has 1 saturated heterocycles. The first-order valence-corrected chi connectivity index (χ1v) is 9.31. The van der Waals surface area contributed by atoms with Gasteiger partial charge >= 0.3 is 5.97 Å². The molecular formula is C17H29N5O7. The molecule has 164 valence electrons. The zero-order valence-electron chi connectivity index (χ0n) is 16.5. The summed E-state index contributed by atoms with van der Waals surface area (Å²) < 4.78 is 0. The summed E-state index contributed by atoms with van der Waals surface area (Å²) in [5, 5.41) is 23.3. The molecule has 1 aliphatic rings. The van der Waals surface area contributed by atoms with Crippen LogP contribution >= 0.6 is 0 Å². The number of carbonyl (C=O) groups excluding carboxylic acids is 4. The molecule has 5 atom stereocenters. The molecule has 4 amide bonds. The number of likely N-dealkylation sites (tertiary alicyclic amines) is 1. The zero-order valence-corrected chi connectivity index (χ0v) is 16.5. The molecule has 12 nitrogen and oxygen atoms in total. The fraction of sp³-hybridized carbons (Fsp3) is 0.706. The number of nitrogens with zero attached hydrogens (tertiary/aromatic N) is 1. The van der Waals surface area contributed by atoms with E-state index in [0.717, 1.165) is 0 Å². The summed E-state index contributed by atoms with van der Waals surface area (Å²) >= 11 is 0. The number of primary amides is 1. The molecule has 1 fully saturated rings. The fourth-order valence-corrected chi connectivity index (χ4v) is 2.99. The number of amides is 4. The number of aliphatic hydroxyl groups is 1. The predicted molar refractivity (Wildman–Crippen MR) is 100.0 cm³/mol. The Labute approximate surface area is 168 Å². The zero-order chi connectivity index (χ0) is 22.3. The number of hydrogen-bond donors (Lipinski definition) is 6. The Morgan fingerprint density at radius 1 is 1.17 bits per heavy atom. The van der Waals surface area contributed by atoms with E-state index in [4.69, 9.17) is 16.6 Å². The summed E-state index contributed by atoms with van der Waals surface area (Å²) in [5.41, 5.74) is 10.6. The molecule has 29 heavy (non-hydrogen) atoms. The van der Waals surface area contributed by atoms with Gasteiger partial charge in [-0.25, -0.2) is 4.79 Å². The van der Waals surface area contributed by atoms with Crippen LogP contribution in [0.25, 0.3) is 0 Å². The van der Waals surface area contributed by atoms with Crippen molar-refractivity contribution >= 4 is 29.6 Å². The van der Waals surface area contributed by atoms with E-state index in [9.17, 15) is 29.1 Å². The van der Waals surface area contributed by atoms with Crippen LogP contribution < -0.4 is 22.1 Å². The number of hydrogen-bond acceptors (Lipinski definition) is 7. The van der Waals surface area contributed by atoms with Crippen LogP contribution in [0.5, 0.6) is 0 Å². The highest BCUT2D eigenvalue weighted by molar-refractivity contribution is 5.94. The van der Waals surface area contributed by atoms with E-state index >= 15 is 0 Å². The maximum absolute atomic E-state index is 13.0. The van der Waals surface area contributed by atoms with Gasteiger partial charge in [0.2, 0.25) is 23.6 Å². The van der Waals surface area contributed by atoms with E-state index in [2.05, 4.69) is 10.6 Å². The second kappa shape index (κ2) is 10.7. The topological polar surface area (TPSA) is 205 Å². The summed E-state index contributed by atoms with van der Waals surface area (Å²) in [6.45, 7) is 2.86. The number of nitrogens with one attached hydrogen (secondary N) is 2. The number of carboxylic acid groups (broad SMARTS) is 1. The first-order valence-electron chi connectivity index (χ1n) is 9.31. The number of carbonyl (C=O) groups is 5. The third-order valence-electron chi connectivity index (χ3n) is 4.59. The van der Waals surface area contributed by atoms with E-state index in [0.29, 0.717) is 6.42 Å². The van der Waals surface area contributed by atoms with Gasteiger partial charge in [0.25, 0.3) is 0 Å². The van der Waals surface area contributed by atoms with E-state index in [1.165, 1.54) is 18.7 Å². The highest BCUT2D eigenvalue weighted by Gasteiger charge is 2.39. The molecule has 0 bridgehead atoms. The Morgan fingerprint density at radius 3 is 2.28 bits per heavy atom. The third-order valence-corrected chi connectivity index (χ3v) is 4.59. The molecule has 12 heteroatoms. The monoisotopic (exact) mass is 415 g/mol. The standard InChI is InChI=1S/C17H29N5O7/c1-8(18)14(25)20-10(5-6-12(19)24)16(27)22-7-3-4-11(22)15(26)21-13(9(2)23)17(28)29/h8-11,13,23H,3-7,18H2,1-2H3,(H2,19,24)(H,20,25)(H,21,26)(H,28,29). The van der Waals surface area contributed by atoms with Crippen molar-refractivity contribution in [3.8, 4) is 0 Å². The Kier molecular flexibility index (Phi) is 8.98. The average Bonchev–Trinajstić information content (AvgIpc) is 3.11. The van der Waals surface area contributed by atoms with Gasteiger partial charge in [-0.05, 0) is 33.1 Å². The molecule has 0 aromatic carbocycles. The Hall–Kier alpha value is -2.73. The molecule has 0 spiro atoms. The van der Waals surface area contributed by atoms with Crippen molar-refractivity contribution in [2.45, 2.75) is 69.8 Å². The van der Waals surface area contributed by atoms with Crippen LogP contribution in [0.1, 0.15) is 39.5 Å². The summed E-state index contributed by atoms with van der Waals surface area (Å²) in [4.78, 5) is 60.9. The summed E-state index contributed by atoms with van der Waals surface area (Å²) in [7, 11) is 0. The van der Waals surface area contributed by atoms with Gasteiger partial charge in [0.1, 0.15) is 12.1 Å². The van der Waals surface area contributed by atoms with Gasteiger partial charge in [0.15, 0.2) is 6.04 Å². The molecule has 0 aromatic heterocycles. The molecule has 1 heterocycles. The molecule has 8 N–H and O–H groups in total. The number of aliphatic carboxylic acids is 1. The number of aliphatic hydroxyl groups excluding tert-OH is 1. The molecule has 0 aromatic rings. The number of nitrogens with two attached hydrogens (primary N) is 2. The maximum atomic E-state index is 13.0.